The Hall–Kier alpha value is -4.24. The first-order valence-corrected chi connectivity index (χ1v) is 15.0. The minimum Gasteiger partial charge on any atom is -0.308 e. The Morgan fingerprint density at radius 2 is 1.33 bits per heavy atom. The van der Waals surface area contributed by atoms with Gasteiger partial charge in [-0.2, -0.15) is 0 Å². The number of hydrogen-bond acceptors (Lipinski definition) is 0. The van der Waals surface area contributed by atoms with Crippen LogP contribution >= 0.6 is 0 Å². The van der Waals surface area contributed by atoms with Gasteiger partial charge in [-0.1, -0.05) is 76.2 Å². The Kier molecular flexibility index (Phi) is 5.96. The maximum Gasteiger partial charge on any atom is 0.214 e. The van der Waals surface area contributed by atoms with Gasteiger partial charge < -0.3 is 4.57 Å². The SMILES string of the molecule is Cc1ccc2c3ccc(F)c(-c4ccc5c(c4)C(C)(C)CCC5(C)C)c3n(-c3ccccc3)c2c1-c1cccc[n+]1C. The van der Waals surface area contributed by atoms with Crippen molar-refractivity contribution in [3.63, 3.8) is 0 Å². The topological polar surface area (TPSA) is 8.81 Å². The molecule has 7 rings (SSSR count). The van der Waals surface area contributed by atoms with E-state index in [-0.39, 0.29) is 16.6 Å². The van der Waals surface area contributed by atoms with Gasteiger partial charge in [-0.3, -0.25) is 0 Å². The third-order valence-electron chi connectivity index (χ3n) is 9.72. The van der Waals surface area contributed by atoms with Gasteiger partial charge in [0.15, 0.2) is 6.20 Å². The van der Waals surface area contributed by atoms with E-state index in [9.17, 15) is 0 Å². The molecule has 2 heterocycles. The maximum absolute atomic E-state index is 16.4. The Morgan fingerprint density at radius 3 is 2.05 bits per heavy atom. The van der Waals surface area contributed by atoms with Crippen LogP contribution in [0.15, 0.2) is 97.2 Å². The van der Waals surface area contributed by atoms with Gasteiger partial charge in [-0.05, 0) is 83.2 Å². The van der Waals surface area contributed by atoms with E-state index in [0.717, 1.165) is 57.2 Å². The molecule has 0 radical (unpaired) electrons. The number of para-hydroxylation sites is 1. The summed E-state index contributed by atoms with van der Waals surface area (Å²) in [7, 11) is 2.09. The second kappa shape index (κ2) is 9.39. The molecule has 0 amide bonds. The Labute approximate surface area is 248 Å². The van der Waals surface area contributed by atoms with Gasteiger partial charge in [-0.15, -0.1) is 0 Å². The van der Waals surface area contributed by atoms with Crippen molar-refractivity contribution in [1.82, 2.24) is 4.57 Å². The van der Waals surface area contributed by atoms with Crippen LogP contribution in [-0.2, 0) is 17.9 Å². The number of fused-ring (bicyclic) bond motifs is 4. The van der Waals surface area contributed by atoms with Crippen LogP contribution in [0.5, 0.6) is 0 Å². The summed E-state index contributed by atoms with van der Waals surface area (Å²) in [5, 5.41) is 2.18. The number of hydrogen-bond donors (Lipinski definition) is 0. The number of pyridine rings is 1. The molecule has 0 N–H and O–H groups in total. The lowest BCUT2D eigenvalue weighted by Gasteiger charge is -2.42. The van der Waals surface area contributed by atoms with Crippen LogP contribution in [0.1, 0.15) is 57.2 Å². The summed E-state index contributed by atoms with van der Waals surface area (Å²) in [4.78, 5) is 0. The first kappa shape index (κ1) is 26.6. The van der Waals surface area contributed by atoms with Gasteiger partial charge >= 0.3 is 0 Å². The standard InChI is InChI=1S/C39H38FN2/c1-25-15-17-28-29-18-20-32(40)35(26-16-19-30-31(24-26)39(4,5)22-21-38(30,2)3)37(29)42(27-12-8-7-9-13-27)36(28)34(25)33-14-10-11-23-41(33)6/h7-20,23-24H,21-22H2,1-6H3/q+1. The molecule has 1 aliphatic carbocycles. The smallest absolute Gasteiger partial charge is 0.214 e. The largest absolute Gasteiger partial charge is 0.308 e. The van der Waals surface area contributed by atoms with Crippen molar-refractivity contribution in [3.8, 4) is 28.1 Å². The van der Waals surface area contributed by atoms with E-state index in [1.165, 1.54) is 16.7 Å². The van der Waals surface area contributed by atoms with Crippen LogP contribution in [0.2, 0.25) is 0 Å². The van der Waals surface area contributed by atoms with Crippen molar-refractivity contribution in [2.45, 2.75) is 58.3 Å². The van der Waals surface area contributed by atoms with E-state index in [0.29, 0.717) is 5.56 Å². The Balaban J connectivity index is 1.65. The maximum atomic E-state index is 16.4. The summed E-state index contributed by atoms with van der Waals surface area (Å²) < 4.78 is 20.8. The average molecular weight is 554 g/mol. The second-order valence-electron chi connectivity index (χ2n) is 13.4. The molecule has 42 heavy (non-hydrogen) atoms. The first-order chi connectivity index (χ1) is 20.1. The molecule has 2 nitrogen and oxygen atoms in total. The molecule has 4 aromatic carbocycles. The molecule has 0 spiro atoms. The summed E-state index contributed by atoms with van der Waals surface area (Å²) in [6.07, 6.45) is 4.35. The number of aromatic nitrogens is 2. The summed E-state index contributed by atoms with van der Waals surface area (Å²) in [6, 6.07) is 31.5. The molecule has 3 heteroatoms. The molecular formula is C39H38FN2+. The normalized spacial score (nSPS) is 15.7. The van der Waals surface area contributed by atoms with E-state index >= 15 is 4.39 Å². The molecule has 0 saturated carbocycles. The highest BCUT2D eigenvalue weighted by Gasteiger charge is 2.37. The van der Waals surface area contributed by atoms with Crippen molar-refractivity contribution in [3.05, 3.63) is 120 Å². The molecule has 0 fully saturated rings. The molecule has 0 bridgehead atoms. The van der Waals surface area contributed by atoms with E-state index in [2.05, 4.69) is 130 Å². The summed E-state index contributed by atoms with van der Waals surface area (Å²) in [5.41, 5.74) is 11.0. The fourth-order valence-electron chi connectivity index (χ4n) is 7.23. The third kappa shape index (κ3) is 3.94. The second-order valence-corrected chi connectivity index (χ2v) is 13.4. The van der Waals surface area contributed by atoms with Crippen LogP contribution in [0, 0.1) is 12.7 Å². The number of rotatable bonds is 3. The van der Waals surface area contributed by atoms with E-state index in [1.54, 1.807) is 6.07 Å². The zero-order valence-corrected chi connectivity index (χ0v) is 25.4. The first-order valence-electron chi connectivity index (χ1n) is 15.0. The van der Waals surface area contributed by atoms with Crippen molar-refractivity contribution in [1.29, 1.82) is 0 Å². The van der Waals surface area contributed by atoms with Gasteiger partial charge in [0.05, 0.1) is 16.6 Å². The molecule has 0 aliphatic heterocycles. The van der Waals surface area contributed by atoms with Gasteiger partial charge in [0.2, 0.25) is 5.69 Å². The Morgan fingerprint density at radius 1 is 0.690 bits per heavy atom. The number of nitrogens with zero attached hydrogens (tertiary/aromatic N) is 2. The molecule has 210 valence electrons. The highest BCUT2D eigenvalue weighted by Crippen LogP contribution is 2.48. The number of aryl methyl sites for hydroxylation is 2. The van der Waals surface area contributed by atoms with E-state index in [4.69, 9.17) is 0 Å². The predicted molar refractivity (Wildman–Crippen MR) is 173 cm³/mol. The highest BCUT2D eigenvalue weighted by molar-refractivity contribution is 6.17. The monoisotopic (exact) mass is 553 g/mol. The summed E-state index contributed by atoms with van der Waals surface area (Å²) in [6.45, 7) is 11.5. The lowest BCUT2D eigenvalue weighted by molar-refractivity contribution is -0.660. The quantitative estimate of drug-likeness (QED) is 0.193. The van der Waals surface area contributed by atoms with Gasteiger partial charge in [0, 0.05) is 34.2 Å². The number of halogens is 1. The lowest BCUT2D eigenvalue weighted by atomic mass is 9.63. The molecule has 1 aliphatic rings. The van der Waals surface area contributed by atoms with Crippen molar-refractivity contribution in [2.75, 3.05) is 0 Å². The number of benzene rings is 4. The average Bonchev–Trinajstić information content (AvgIpc) is 3.30. The molecule has 2 aromatic heterocycles. The van der Waals surface area contributed by atoms with E-state index < -0.39 is 0 Å². The van der Waals surface area contributed by atoms with Gasteiger partial charge in [0.25, 0.3) is 0 Å². The lowest BCUT2D eigenvalue weighted by Crippen LogP contribution is -2.33. The summed E-state index contributed by atoms with van der Waals surface area (Å²) >= 11 is 0. The van der Waals surface area contributed by atoms with Crippen molar-refractivity contribution >= 4 is 21.8 Å². The third-order valence-corrected chi connectivity index (χ3v) is 9.72. The van der Waals surface area contributed by atoms with Crippen LogP contribution in [-0.4, -0.2) is 4.57 Å². The molecule has 0 saturated heterocycles. The highest BCUT2D eigenvalue weighted by atomic mass is 19.1. The van der Waals surface area contributed by atoms with Crippen LogP contribution in [0.3, 0.4) is 0 Å². The van der Waals surface area contributed by atoms with Crippen LogP contribution in [0.4, 0.5) is 4.39 Å². The molecular weight excluding hydrogens is 515 g/mol. The van der Waals surface area contributed by atoms with Gasteiger partial charge in [0.1, 0.15) is 12.9 Å². The minimum absolute atomic E-state index is 0.0315. The van der Waals surface area contributed by atoms with Crippen LogP contribution < -0.4 is 4.57 Å². The predicted octanol–water partition coefficient (Wildman–Crippen LogP) is 9.74. The van der Waals surface area contributed by atoms with Gasteiger partial charge in [-0.25, -0.2) is 8.96 Å². The van der Waals surface area contributed by atoms with Crippen molar-refractivity contribution in [2.24, 2.45) is 7.05 Å². The molecule has 6 aromatic rings. The minimum atomic E-state index is -0.196. The van der Waals surface area contributed by atoms with E-state index in [1.807, 2.05) is 12.1 Å². The Bertz CT molecular complexity index is 2010. The fraction of sp³-hybridized carbons (Fsp3) is 0.256. The zero-order chi connectivity index (χ0) is 29.4. The van der Waals surface area contributed by atoms with Crippen LogP contribution in [0.25, 0.3) is 49.9 Å². The zero-order valence-electron chi connectivity index (χ0n) is 25.4. The molecule has 0 atom stereocenters. The van der Waals surface area contributed by atoms with Crippen molar-refractivity contribution < 1.29 is 8.96 Å². The summed E-state index contributed by atoms with van der Waals surface area (Å²) in [5.74, 6) is -0.196. The fourth-order valence-corrected chi connectivity index (χ4v) is 7.23. The molecule has 0 unspecified atom stereocenters.